The van der Waals surface area contributed by atoms with Gasteiger partial charge in [0.05, 0.1) is 5.69 Å². The maximum Gasteiger partial charge on any atom is 0.291 e. The predicted octanol–water partition coefficient (Wildman–Crippen LogP) is 4.80. The lowest BCUT2D eigenvalue weighted by atomic mass is 9.94. The largest absolute Gasteiger partial charge is 0.449 e. The molecule has 2 aliphatic heterocycles. The van der Waals surface area contributed by atoms with Gasteiger partial charge in [0, 0.05) is 42.8 Å². The first-order valence-corrected chi connectivity index (χ1v) is 12.1. The third-order valence-electron chi connectivity index (χ3n) is 6.80. The summed E-state index contributed by atoms with van der Waals surface area (Å²) in [7, 11) is 0. The number of hydrogen-bond donors (Lipinski definition) is 1. The molecule has 2 aromatic carbocycles. The summed E-state index contributed by atoms with van der Waals surface area (Å²) in [5, 5.41) is 3.38. The van der Waals surface area contributed by atoms with E-state index in [2.05, 4.69) is 10.2 Å². The standard InChI is InChI=1S/C26H28ClN3O3/c27-21-9-5-4-6-18(21)17-24-25(31)28-22-16-19(10-11-23(22)33-24)26(32)30-14-12-29(13-15-30)20-7-2-1-3-8-20/h4-6,9-11,16-17,20H,1-3,7-8,12-15H2,(H,28,31)/b24-17-. The minimum absolute atomic E-state index is 0.00671. The van der Waals surface area contributed by atoms with E-state index in [9.17, 15) is 9.59 Å². The highest BCUT2D eigenvalue weighted by molar-refractivity contribution is 6.32. The van der Waals surface area contributed by atoms with Crippen molar-refractivity contribution in [2.45, 2.75) is 38.1 Å². The molecule has 5 rings (SSSR count). The van der Waals surface area contributed by atoms with Crippen molar-refractivity contribution in [2.75, 3.05) is 31.5 Å². The van der Waals surface area contributed by atoms with Gasteiger partial charge in [-0.15, -0.1) is 0 Å². The lowest BCUT2D eigenvalue weighted by molar-refractivity contribution is -0.115. The van der Waals surface area contributed by atoms with Crippen LogP contribution >= 0.6 is 11.6 Å². The van der Waals surface area contributed by atoms with Crippen molar-refractivity contribution in [1.82, 2.24) is 9.80 Å². The Bertz CT molecular complexity index is 1090. The average Bonchev–Trinajstić information content (AvgIpc) is 2.86. The summed E-state index contributed by atoms with van der Waals surface area (Å²) in [6, 6.07) is 13.1. The molecule has 6 nitrogen and oxygen atoms in total. The van der Waals surface area contributed by atoms with Crippen molar-refractivity contribution >= 4 is 35.2 Å². The third-order valence-corrected chi connectivity index (χ3v) is 7.15. The summed E-state index contributed by atoms with van der Waals surface area (Å²) < 4.78 is 5.82. The Kier molecular flexibility index (Phi) is 6.38. The molecule has 2 heterocycles. The van der Waals surface area contributed by atoms with Gasteiger partial charge in [0.15, 0.2) is 11.5 Å². The van der Waals surface area contributed by atoms with Gasteiger partial charge in [-0.05, 0) is 48.7 Å². The monoisotopic (exact) mass is 465 g/mol. The van der Waals surface area contributed by atoms with Gasteiger partial charge in [0.2, 0.25) is 0 Å². The molecule has 7 heteroatoms. The number of halogens is 1. The minimum Gasteiger partial charge on any atom is -0.449 e. The molecule has 2 aromatic rings. The summed E-state index contributed by atoms with van der Waals surface area (Å²) >= 11 is 6.20. The number of benzene rings is 2. The van der Waals surface area contributed by atoms with Crippen LogP contribution < -0.4 is 10.1 Å². The van der Waals surface area contributed by atoms with Crippen LogP contribution in [0.25, 0.3) is 6.08 Å². The van der Waals surface area contributed by atoms with Crippen molar-refractivity contribution in [2.24, 2.45) is 0 Å². The lowest BCUT2D eigenvalue weighted by Crippen LogP contribution is -2.52. The van der Waals surface area contributed by atoms with E-state index >= 15 is 0 Å². The zero-order valence-electron chi connectivity index (χ0n) is 18.6. The Morgan fingerprint density at radius 3 is 2.55 bits per heavy atom. The van der Waals surface area contributed by atoms with Gasteiger partial charge in [-0.3, -0.25) is 14.5 Å². The molecule has 33 heavy (non-hydrogen) atoms. The van der Waals surface area contributed by atoms with E-state index in [4.69, 9.17) is 16.3 Å². The van der Waals surface area contributed by atoms with Gasteiger partial charge in [-0.1, -0.05) is 49.1 Å². The van der Waals surface area contributed by atoms with Crippen LogP contribution in [0, 0.1) is 0 Å². The smallest absolute Gasteiger partial charge is 0.291 e. The molecule has 1 N–H and O–H groups in total. The number of rotatable bonds is 3. The summed E-state index contributed by atoms with van der Waals surface area (Å²) in [6.07, 6.45) is 8.18. The first-order chi connectivity index (χ1) is 16.1. The minimum atomic E-state index is -0.367. The Morgan fingerprint density at radius 1 is 1.03 bits per heavy atom. The van der Waals surface area contributed by atoms with Gasteiger partial charge < -0.3 is 15.0 Å². The van der Waals surface area contributed by atoms with Crippen LogP contribution in [0.15, 0.2) is 48.2 Å². The van der Waals surface area contributed by atoms with Crippen molar-refractivity contribution in [3.63, 3.8) is 0 Å². The summed E-state index contributed by atoms with van der Waals surface area (Å²) in [5.41, 5.74) is 1.76. The van der Waals surface area contributed by atoms with Crippen molar-refractivity contribution in [3.05, 3.63) is 64.4 Å². The van der Waals surface area contributed by atoms with E-state index in [0.29, 0.717) is 33.6 Å². The predicted molar refractivity (Wildman–Crippen MR) is 129 cm³/mol. The molecule has 0 spiro atoms. The van der Waals surface area contributed by atoms with Crippen LogP contribution in [0.4, 0.5) is 5.69 Å². The van der Waals surface area contributed by atoms with E-state index in [-0.39, 0.29) is 17.6 Å². The fourth-order valence-electron chi connectivity index (χ4n) is 4.95. The van der Waals surface area contributed by atoms with Crippen molar-refractivity contribution in [3.8, 4) is 5.75 Å². The molecule has 0 atom stereocenters. The SMILES string of the molecule is O=C1Nc2cc(C(=O)N3CCN(C4CCCCC4)CC3)ccc2O/C1=C\c1ccccc1Cl. The van der Waals surface area contributed by atoms with Crippen LogP contribution in [0.3, 0.4) is 0 Å². The Balaban J connectivity index is 1.26. The second-order valence-electron chi connectivity index (χ2n) is 8.92. The second-order valence-corrected chi connectivity index (χ2v) is 9.32. The Morgan fingerprint density at radius 2 is 1.79 bits per heavy atom. The molecule has 2 fully saturated rings. The van der Waals surface area contributed by atoms with Crippen molar-refractivity contribution in [1.29, 1.82) is 0 Å². The number of nitrogens with one attached hydrogen (secondary N) is 1. The summed E-state index contributed by atoms with van der Waals surface area (Å²) in [5.74, 6) is 0.293. The molecule has 1 saturated heterocycles. The van der Waals surface area contributed by atoms with Gasteiger partial charge in [0.25, 0.3) is 11.8 Å². The van der Waals surface area contributed by atoms with Gasteiger partial charge >= 0.3 is 0 Å². The first kappa shape index (κ1) is 22.0. The number of fused-ring (bicyclic) bond motifs is 1. The van der Waals surface area contributed by atoms with E-state index in [1.54, 1.807) is 30.3 Å². The van der Waals surface area contributed by atoms with E-state index in [1.807, 2.05) is 23.1 Å². The average molecular weight is 466 g/mol. The normalized spacial score (nSPS) is 20.8. The van der Waals surface area contributed by atoms with E-state index in [1.165, 1.54) is 32.1 Å². The molecule has 0 radical (unpaired) electrons. The number of carbonyl (C=O) groups excluding carboxylic acids is 2. The molecule has 1 aliphatic carbocycles. The molecule has 0 unspecified atom stereocenters. The Hall–Kier alpha value is -2.83. The Labute approximate surface area is 199 Å². The molecule has 3 aliphatic rings. The molecule has 1 saturated carbocycles. The molecular formula is C26H28ClN3O3. The fourth-order valence-corrected chi connectivity index (χ4v) is 5.14. The highest BCUT2D eigenvalue weighted by Crippen LogP contribution is 2.33. The summed E-state index contributed by atoms with van der Waals surface area (Å²) in [6.45, 7) is 3.33. The van der Waals surface area contributed by atoms with Crippen LogP contribution in [-0.2, 0) is 4.79 Å². The highest BCUT2D eigenvalue weighted by atomic mass is 35.5. The molecule has 0 aromatic heterocycles. The quantitative estimate of drug-likeness (QED) is 0.661. The van der Waals surface area contributed by atoms with Gasteiger partial charge in [0.1, 0.15) is 0 Å². The number of piperazine rings is 1. The number of hydrogen-bond acceptors (Lipinski definition) is 4. The lowest BCUT2D eigenvalue weighted by Gasteiger charge is -2.40. The number of amides is 2. The van der Waals surface area contributed by atoms with Crippen LogP contribution in [0.1, 0.15) is 48.0 Å². The number of ether oxygens (including phenoxy) is 1. The first-order valence-electron chi connectivity index (χ1n) is 11.7. The van der Waals surface area contributed by atoms with Crippen molar-refractivity contribution < 1.29 is 14.3 Å². The number of anilines is 1. The zero-order valence-corrected chi connectivity index (χ0v) is 19.3. The second kappa shape index (κ2) is 9.57. The van der Waals surface area contributed by atoms with Crippen LogP contribution in [0.2, 0.25) is 5.02 Å². The maximum atomic E-state index is 13.1. The molecule has 2 amide bonds. The zero-order chi connectivity index (χ0) is 22.8. The molecule has 0 bridgehead atoms. The topological polar surface area (TPSA) is 61.9 Å². The maximum absolute atomic E-state index is 13.1. The number of carbonyl (C=O) groups is 2. The number of nitrogens with zero attached hydrogens (tertiary/aromatic N) is 2. The van der Waals surface area contributed by atoms with Crippen LogP contribution in [-0.4, -0.2) is 53.8 Å². The third kappa shape index (κ3) is 4.77. The van der Waals surface area contributed by atoms with E-state index < -0.39 is 0 Å². The molecular weight excluding hydrogens is 438 g/mol. The van der Waals surface area contributed by atoms with E-state index in [0.717, 1.165) is 26.2 Å². The highest BCUT2D eigenvalue weighted by Gasteiger charge is 2.29. The van der Waals surface area contributed by atoms with Gasteiger partial charge in [-0.25, -0.2) is 0 Å². The fraction of sp³-hybridized carbons (Fsp3) is 0.385. The van der Waals surface area contributed by atoms with Crippen LogP contribution in [0.5, 0.6) is 5.75 Å². The summed E-state index contributed by atoms with van der Waals surface area (Å²) in [4.78, 5) is 30.2. The molecule has 172 valence electrons. The van der Waals surface area contributed by atoms with Gasteiger partial charge in [-0.2, -0.15) is 0 Å².